The van der Waals surface area contributed by atoms with Crippen molar-refractivity contribution in [1.82, 2.24) is 5.32 Å². The molecule has 2 nitrogen and oxygen atoms in total. The minimum atomic E-state index is 0.861. The first-order valence-electron chi connectivity index (χ1n) is 6.84. The minimum Gasteiger partial charge on any atom is -0.330 e. The second-order valence-corrected chi connectivity index (χ2v) is 4.89. The largest absolute Gasteiger partial charge is 0.330 e. The van der Waals surface area contributed by atoms with Crippen molar-refractivity contribution in [2.75, 3.05) is 19.6 Å². The fourth-order valence-corrected chi connectivity index (χ4v) is 1.97. The predicted octanol–water partition coefficient (Wildman–Crippen LogP) is 2.68. The van der Waals surface area contributed by atoms with Crippen LogP contribution in [0.3, 0.4) is 0 Å². The van der Waals surface area contributed by atoms with Gasteiger partial charge in [-0.2, -0.15) is 0 Å². The first-order chi connectivity index (χ1) is 7.43. The molecular formula is C13H28N2. The van der Waals surface area contributed by atoms with Crippen molar-refractivity contribution in [1.29, 1.82) is 0 Å². The van der Waals surface area contributed by atoms with Gasteiger partial charge in [0.2, 0.25) is 0 Å². The number of unbranched alkanes of at least 4 members (excludes halogenated alkanes) is 4. The van der Waals surface area contributed by atoms with Crippen molar-refractivity contribution >= 4 is 0 Å². The third-order valence-electron chi connectivity index (χ3n) is 3.22. The minimum absolute atomic E-state index is 0.861. The molecule has 0 heterocycles. The molecule has 1 aliphatic carbocycles. The predicted molar refractivity (Wildman–Crippen MR) is 67.0 cm³/mol. The summed E-state index contributed by atoms with van der Waals surface area (Å²) < 4.78 is 0. The normalized spacial score (nSPS) is 15.8. The van der Waals surface area contributed by atoms with Crippen LogP contribution in [0.15, 0.2) is 0 Å². The van der Waals surface area contributed by atoms with E-state index in [9.17, 15) is 0 Å². The standard InChI is InChI=1S/C13H28N2/c14-10-4-2-1-3-5-11-15-12-6-7-13-8-9-13/h13,15H,1-12,14H2. The molecule has 90 valence electrons. The van der Waals surface area contributed by atoms with Crippen LogP contribution in [0.1, 0.15) is 57.8 Å². The molecule has 0 aromatic rings. The molecule has 0 saturated heterocycles. The Hall–Kier alpha value is -0.0800. The molecule has 1 saturated carbocycles. The molecule has 3 N–H and O–H groups in total. The summed E-state index contributed by atoms with van der Waals surface area (Å²) in [5.74, 6) is 1.10. The van der Waals surface area contributed by atoms with E-state index in [1.54, 1.807) is 0 Å². The summed E-state index contributed by atoms with van der Waals surface area (Å²) in [6, 6.07) is 0. The molecule has 0 spiro atoms. The van der Waals surface area contributed by atoms with E-state index >= 15 is 0 Å². The number of rotatable bonds is 11. The summed E-state index contributed by atoms with van der Waals surface area (Å²) in [5.41, 5.74) is 5.44. The number of nitrogens with one attached hydrogen (secondary N) is 1. The highest BCUT2D eigenvalue weighted by Gasteiger charge is 2.19. The highest BCUT2D eigenvalue weighted by Crippen LogP contribution is 2.33. The van der Waals surface area contributed by atoms with Gasteiger partial charge < -0.3 is 11.1 Å². The van der Waals surface area contributed by atoms with E-state index in [-0.39, 0.29) is 0 Å². The average Bonchev–Trinajstić information content (AvgIpc) is 3.05. The van der Waals surface area contributed by atoms with Gasteiger partial charge in [-0.15, -0.1) is 0 Å². The van der Waals surface area contributed by atoms with Crippen molar-refractivity contribution in [3.05, 3.63) is 0 Å². The summed E-state index contributed by atoms with van der Waals surface area (Å²) in [7, 11) is 0. The molecule has 0 bridgehead atoms. The molecule has 0 atom stereocenters. The Bertz CT molecular complexity index is 132. The fourth-order valence-electron chi connectivity index (χ4n) is 1.97. The zero-order chi connectivity index (χ0) is 10.8. The van der Waals surface area contributed by atoms with Crippen molar-refractivity contribution in [3.8, 4) is 0 Å². The lowest BCUT2D eigenvalue weighted by molar-refractivity contribution is 0.552. The quantitative estimate of drug-likeness (QED) is 0.517. The third kappa shape index (κ3) is 8.88. The Morgan fingerprint density at radius 3 is 2.27 bits per heavy atom. The van der Waals surface area contributed by atoms with Crippen LogP contribution in [0, 0.1) is 5.92 Å². The fraction of sp³-hybridized carbons (Fsp3) is 1.00. The van der Waals surface area contributed by atoms with E-state index in [1.807, 2.05) is 0 Å². The van der Waals surface area contributed by atoms with E-state index in [1.165, 1.54) is 70.9 Å². The molecule has 1 rings (SSSR count). The van der Waals surface area contributed by atoms with Gasteiger partial charge in [0.25, 0.3) is 0 Å². The van der Waals surface area contributed by atoms with Gasteiger partial charge in [0, 0.05) is 0 Å². The van der Waals surface area contributed by atoms with Crippen LogP contribution in [-0.4, -0.2) is 19.6 Å². The monoisotopic (exact) mass is 212 g/mol. The lowest BCUT2D eigenvalue weighted by Crippen LogP contribution is -2.16. The Balaban J connectivity index is 1.62. The smallest absolute Gasteiger partial charge is 0.00488 e. The van der Waals surface area contributed by atoms with E-state index in [0.717, 1.165) is 12.5 Å². The summed E-state index contributed by atoms with van der Waals surface area (Å²) in [6.45, 7) is 3.31. The highest BCUT2D eigenvalue weighted by atomic mass is 14.8. The zero-order valence-corrected chi connectivity index (χ0v) is 10.1. The van der Waals surface area contributed by atoms with Crippen molar-refractivity contribution < 1.29 is 0 Å². The van der Waals surface area contributed by atoms with E-state index in [4.69, 9.17) is 5.73 Å². The second-order valence-electron chi connectivity index (χ2n) is 4.89. The van der Waals surface area contributed by atoms with Crippen molar-refractivity contribution in [2.45, 2.75) is 57.8 Å². The van der Waals surface area contributed by atoms with E-state index in [0.29, 0.717) is 0 Å². The topological polar surface area (TPSA) is 38.0 Å². The lowest BCUT2D eigenvalue weighted by Gasteiger charge is -2.04. The summed E-state index contributed by atoms with van der Waals surface area (Å²) in [5, 5.41) is 3.53. The maximum atomic E-state index is 5.44. The Labute approximate surface area is 95.0 Å². The summed E-state index contributed by atoms with van der Waals surface area (Å²) in [6.07, 6.45) is 12.4. The van der Waals surface area contributed by atoms with Crippen LogP contribution in [0.4, 0.5) is 0 Å². The van der Waals surface area contributed by atoms with Crippen molar-refractivity contribution in [2.24, 2.45) is 11.7 Å². The molecule has 0 unspecified atom stereocenters. The lowest BCUT2D eigenvalue weighted by atomic mass is 10.1. The van der Waals surface area contributed by atoms with Gasteiger partial charge in [-0.05, 0) is 51.2 Å². The van der Waals surface area contributed by atoms with Crippen LogP contribution in [0.2, 0.25) is 0 Å². The maximum Gasteiger partial charge on any atom is -0.00488 e. The third-order valence-corrected chi connectivity index (χ3v) is 3.22. The first-order valence-corrected chi connectivity index (χ1v) is 6.84. The molecule has 0 aromatic heterocycles. The van der Waals surface area contributed by atoms with Gasteiger partial charge in [-0.1, -0.05) is 32.1 Å². The highest BCUT2D eigenvalue weighted by molar-refractivity contribution is 4.72. The maximum absolute atomic E-state index is 5.44. The van der Waals surface area contributed by atoms with Crippen molar-refractivity contribution in [3.63, 3.8) is 0 Å². The van der Waals surface area contributed by atoms with Crippen LogP contribution in [0.5, 0.6) is 0 Å². The molecule has 0 radical (unpaired) electrons. The van der Waals surface area contributed by atoms with Crippen LogP contribution in [-0.2, 0) is 0 Å². The van der Waals surface area contributed by atoms with Gasteiger partial charge in [-0.25, -0.2) is 0 Å². The molecule has 1 aliphatic rings. The number of hydrogen-bond acceptors (Lipinski definition) is 2. The Morgan fingerprint density at radius 1 is 0.867 bits per heavy atom. The SMILES string of the molecule is NCCCCCCCNCCCC1CC1. The van der Waals surface area contributed by atoms with E-state index < -0.39 is 0 Å². The summed E-state index contributed by atoms with van der Waals surface area (Å²) in [4.78, 5) is 0. The molecule has 0 aromatic carbocycles. The van der Waals surface area contributed by atoms with Gasteiger partial charge in [0.05, 0.1) is 0 Å². The van der Waals surface area contributed by atoms with E-state index in [2.05, 4.69) is 5.32 Å². The molecule has 0 aliphatic heterocycles. The molecule has 2 heteroatoms. The first kappa shape index (κ1) is 13.0. The van der Waals surface area contributed by atoms with Crippen LogP contribution < -0.4 is 11.1 Å². The van der Waals surface area contributed by atoms with Gasteiger partial charge in [0.1, 0.15) is 0 Å². The molecular weight excluding hydrogens is 184 g/mol. The van der Waals surface area contributed by atoms with Crippen LogP contribution in [0.25, 0.3) is 0 Å². The number of nitrogens with two attached hydrogens (primary N) is 1. The zero-order valence-electron chi connectivity index (χ0n) is 10.1. The van der Waals surface area contributed by atoms with Gasteiger partial charge >= 0.3 is 0 Å². The van der Waals surface area contributed by atoms with Gasteiger partial charge in [-0.3, -0.25) is 0 Å². The molecule has 0 amide bonds. The van der Waals surface area contributed by atoms with Crippen LogP contribution >= 0.6 is 0 Å². The Kier molecular flexibility index (Phi) is 7.94. The molecule has 15 heavy (non-hydrogen) atoms. The van der Waals surface area contributed by atoms with Gasteiger partial charge in [0.15, 0.2) is 0 Å². The number of hydrogen-bond donors (Lipinski definition) is 2. The second kappa shape index (κ2) is 9.17. The summed E-state index contributed by atoms with van der Waals surface area (Å²) >= 11 is 0. The Morgan fingerprint density at radius 2 is 1.53 bits per heavy atom. The molecule has 1 fully saturated rings. The average molecular weight is 212 g/mol.